The summed E-state index contributed by atoms with van der Waals surface area (Å²) in [6.45, 7) is 1.76. The smallest absolute Gasteiger partial charge is 0.262 e. The summed E-state index contributed by atoms with van der Waals surface area (Å²) in [5.41, 5.74) is 0.572. The molecule has 2 aromatic rings. The van der Waals surface area contributed by atoms with Crippen molar-refractivity contribution in [3.8, 4) is 11.5 Å². The summed E-state index contributed by atoms with van der Waals surface area (Å²) in [5, 5.41) is 3.63. The maximum Gasteiger partial charge on any atom is 0.262 e. The number of nitrogens with zero attached hydrogens (tertiary/aromatic N) is 2. The van der Waals surface area contributed by atoms with Gasteiger partial charge in [-0.25, -0.2) is 0 Å². The van der Waals surface area contributed by atoms with Crippen LogP contribution in [0.2, 0.25) is 5.22 Å². The minimum atomic E-state index is -0.293. The summed E-state index contributed by atoms with van der Waals surface area (Å²) in [4.78, 5) is 4.06. The summed E-state index contributed by atoms with van der Waals surface area (Å²) in [7, 11) is 0. The molecule has 0 aliphatic carbocycles. The third-order valence-electron chi connectivity index (χ3n) is 1.65. The highest BCUT2D eigenvalue weighted by molar-refractivity contribution is 6.31. The number of aromatic nitrogens is 2. The topological polar surface area (TPSA) is 52.1 Å². The molecular weight excluding hydrogens is 227 g/mol. The molecule has 14 heavy (non-hydrogen) atoms. The van der Waals surface area contributed by atoms with E-state index in [1.807, 2.05) is 0 Å². The summed E-state index contributed by atoms with van der Waals surface area (Å²) in [6.07, 6.45) is 1.45. The molecule has 0 fully saturated rings. The van der Waals surface area contributed by atoms with Gasteiger partial charge in [0, 0.05) is 0 Å². The van der Waals surface area contributed by atoms with Gasteiger partial charge in [0.05, 0.1) is 17.2 Å². The van der Waals surface area contributed by atoms with Crippen LogP contribution in [0.25, 0.3) is 11.5 Å². The second kappa shape index (κ2) is 3.63. The molecule has 0 amide bonds. The van der Waals surface area contributed by atoms with Crippen molar-refractivity contribution in [3.63, 3.8) is 0 Å². The molecule has 0 aliphatic rings. The predicted octanol–water partition coefficient (Wildman–Crippen LogP) is 3.28. The van der Waals surface area contributed by atoms with Crippen molar-refractivity contribution >= 4 is 23.2 Å². The van der Waals surface area contributed by atoms with Crippen molar-refractivity contribution in [2.24, 2.45) is 0 Å². The lowest BCUT2D eigenvalue weighted by atomic mass is 10.3. The molecule has 1 atom stereocenters. The molecule has 74 valence electrons. The van der Waals surface area contributed by atoms with Crippen LogP contribution < -0.4 is 0 Å². The number of hydrogen-bond donors (Lipinski definition) is 0. The van der Waals surface area contributed by atoms with Crippen molar-refractivity contribution in [1.29, 1.82) is 0 Å². The molecule has 6 heteroatoms. The Bertz CT molecular complexity index is 436. The lowest BCUT2D eigenvalue weighted by Gasteiger charge is -1.89. The van der Waals surface area contributed by atoms with Crippen LogP contribution in [0.15, 0.2) is 21.3 Å². The van der Waals surface area contributed by atoms with E-state index in [1.54, 1.807) is 13.0 Å². The minimum Gasteiger partial charge on any atom is -0.452 e. The molecule has 0 saturated heterocycles. The van der Waals surface area contributed by atoms with Crippen LogP contribution in [-0.4, -0.2) is 10.1 Å². The van der Waals surface area contributed by atoms with E-state index in [0.29, 0.717) is 17.3 Å². The van der Waals surface area contributed by atoms with Crippen molar-refractivity contribution in [2.75, 3.05) is 0 Å². The highest BCUT2D eigenvalue weighted by Crippen LogP contribution is 2.28. The standard InChI is InChI=1S/C8H6Cl2N2O2/c1-4(9)7-11-8(14-12-7)5-2-3-13-6(5)10/h2-4H,1H3. The summed E-state index contributed by atoms with van der Waals surface area (Å²) >= 11 is 11.5. The van der Waals surface area contributed by atoms with Crippen LogP contribution >= 0.6 is 23.2 Å². The van der Waals surface area contributed by atoms with Gasteiger partial charge in [0.2, 0.25) is 5.22 Å². The van der Waals surface area contributed by atoms with E-state index in [4.69, 9.17) is 32.1 Å². The van der Waals surface area contributed by atoms with Gasteiger partial charge in [-0.05, 0) is 24.6 Å². The molecule has 0 aromatic carbocycles. The Morgan fingerprint density at radius 1 is 1.50 bits per heavy atom. The average molecular weight is 233 g/mol. The molecule has 1 unspecified atom stereocenters. The van der Waals surface area contributed by atoms with Crippen molar-refractivity contribution in [1.82, 2.24) is 10.1 Å². The van der Waals surface area contributed by atoms with Gasteiger partial charge in [0.15, 0.2) is 5.82 Å². The lowest BCUT2D eigenvalue weighted by Crippen LogP contribution is -1.86. The molecule has 2 aromatic heterocycles. The first-order valence-corrected chi connectivity index (χ1v) is 4.71. The largest absolute Gasteiger partial charge is 0.452 e. The van der Waals surface area contributed by atoms with Gasteiger partial charge < -0.3 is 8.94 Å². The Morgan fingerprint density at radius 3 is 2.79 bits per heavy atom. The lowest BCUT2D eigenvalue weighted by molar-refractivity contribution is 0.422. The fourth-order valence-electron chi connectivity index (χ4n) is 0.952. The molecule has 0 spiro atoms. The first-order chi connectivity index (χ1) is 6.68. The Labute approximate surface area is 89.8 Å². The summed E-state index contributed by atoms with van der Waals surface area (Å²) in [5.74, 6) is 0.741. The quantitative estimate of drug-likeness (QED) is 0.746. The van der Waals surface area contributed by atoms with Crippen LogP contribution in [0.3, 0.4) is 0 Å². The Kier molecular flexibility index (Phi) is 2.48. The SMILES string of the molecule is CC(Cl)c1noc(-c2ccoc2Cl)n1. The number of furan rings is 1. The second-order valence-electron chi connectivity index (χ2n) is 2.68. The number of rotatable bonds is 2. The van der Waals surface area contributed by atoms with E-state index in [9.17, 15) is 0 Å². The Balaban J connectivity index is 2.39. The van der Waals surface area contributed by atoms with E-state index in [0.717, 1.165) is 0 Å². The zero-order chi connectivity index (χ0) is 10.1. The first kappa shape index (κ1) is 9.55. The highest BCUT2D eigenvalue weighted by atomic mass is 35.5. The van der Waals surface area contributed by atoms with Crippen LogP contribution in [0, 0.1) is 0 Å². The van der Waals surface area contributed by atoms with Gasteiger partial charge in [0.1, 0.15) is 0 Å². The number of alkyl halides is 1. The molecule has 2 heterocycles. The van der Waals surface area contributed by atoms with Gasteiger partial charge in [-0.3, -0.25) is 0 Å². The highest BCUT2D eigenvalue weighted by Gasteiger charge is 2.16. The van der Waals surface area contributed by atoms with Crippen LogP contribution in [0.5, 0.6) is 0 Å². The molecule has 0 aliphatic heterocycles. The molecule has 0 saturated carbocycles. The van der Waals surface area contributed by atoms with E-state index in [1.165, 1.54) is 6.26 Å². The minimum absolute atomic E-state index is 0.224. The Hall–Kier alpha value is -1.000. The van der Waals surface area contributed by atoms with Gasteiger partial charge in [-0.1, -0.05) is 5.16 Å². The molecule has 2 rings (SSSR count). The van der Waals surface area contributed by atoms with Crippen LogP contribution in [-0.2, 0) is 0 Å². The normalized spacial score (nSPS) is 13.1. The van der Waals surface area contributed by atoms with E-state index < -0.39 is 0 Å². The van der Waals surface area contributed by atoms with Crippen LogP contribution in [0.4, 0.5) is 0 Å². The van der Waals surface area contributed by atoms with Gasteiger partial charge >= 0.3 is 0 Å². The summed E-state index contributed by atoms with van der Waals surface area (Å²) < 4.78 is 9.85. The van der Waals surface area contributed by atoms with Crippen LogP contribution in [0.1, 0.15) is 18.1 Å². The zero-order valence-electron chi connectivity index (χ0n) is 7.20. The fraction of sp³-hybridized carbons (Fsp3) is 0.250. The third kappa shape index (κ3) is 1.63. The second-order valence-corrected chi connectivity index (χ2v) is 3.68. The van der Waals surface area contributed by atoms with Gasteiger partial charge in [0.25, 0.3) is 5.89 Å². The maximum atomic E-state index is 5.78. The molecular formula is C8H6Cl2N2O2. The maximum absolute atomic E-state index is 5.78. The van der Waals surface area contributed by atoms with Crippen molar-refractivity contribution in [2.45, 2.75) is 12.3 Å². The Morgan fingerprint density at radius 2 is 2.29 bits per heavy atom. The zero-order valence-corrected chi connectivity index (χ0v) is 8.71. The van der Waals surface area contributed by atoms with Crippen molar-refractivity contribution < 1.29 is 8.94 Å². The first-order valence-electron chi connectivity index (χ1n) is 3.89. The van der Waals surface area contributed by atoms with E-state index in [-0.39, 0.29) is 10.6 Å². The van der Waals surface area contributed by atoms with E-state index >= 15 is 0 Å². The molecule has 0 bridgehead atoms. The number of halogens is 2. The molecule has 0 N–H and O–H groups in total. The number of hydrogen-bond acceptors (Lipinski definition) is 4. The van der Waals surface area contributed by atoms with Crippen molar-refractivity contribution in [3.05, 3.63) is 23.4 Å². The average Bonchev–Trinajstić information content (AvgIpc) is 2.71. The molecule has 4 nitrogen and oxygen atoms in total. The van der Waals surface area contributed by atoms with Gasteiger partial charge in [-0.2, -0.15) is 4.98 Å². The predicted molar refractivity (Wildman–Crippen MR) is 51.3 cm³/mol. The molecule has 0 radical (unpaired) electrons. The third-order valence-corrected chi connectivity index (χ3v) is 2.13. The monoisotopic (exact) mass is 232 g/mol. The van der Waals surface area contributed by atoms with E-state index in [2.05, 4.69) is 10.1 Å². The summed E-state index contributed by atoms with van der Waals surface area (Å²) in [6, 6.07) is 1.65. The van der Waals surface area contributed by atoms with Gasteiger partial charge in [-0.15, -0.1) is 11.6 Å². The fourth-order valence-corrected chi connectivity index (χ4v) is 1.24.